The average Bonchev–Trinajstić information content (AvgIpc) is 3.09. The number of ether oxygens (including phenoxy) is 1. The van der Waals surface area contributed by atoms with Crippen LogP contribution in [0.5, 0.6) is 0 Å². The molecule has 1 heterocycles. The van der Waals surface area contributed by atoms with Gasteiger partial charge in [-0.05, 0) is 51.0 Å². The van der Waals surface area contributed by atoms with Crippen molar-refractivity contribution in [1.82, 2.24) is 5.32 Å². The van der Waals surface area contributed by atoms with E-state index in [1.54, 1.807) is 0 Å². The van der Waals surface area contributed by atoms with Crippen LogP contribution in [-0.2, 0) is 4.74 Å². The maximum atomic E-state index is 6.03. The van der Waals surface area contributed by atoms with Gasteiger partial charge in [0.15, 0.2) is 0 Å². The molecule has 3 N–H and O–H groups in total. The highest BCUT2D eigenvalue weighted by Gasteiger charge is 2.27. The zero-order chi connectivity index (χ0) is 10.5. The van der Waals surface area contributed by atoms with E-state index in [9.17, 15) is 0 Å². The maximum Gasteiger partial charge on any atom is 0.0699 e. The fourth-order valence-corrected chi connectivity index (χ4v) is 2.26. The van der Waals surface area contributed by atoms with E-state index in [4.69, 9.17) is 10.5 Å². The standard InChI is InChI=1S/C12H24N2O/c13-12(10-4-5-10)6-7-14-9-11-3-1-2-8-15-11/h10-12,14H,1-9,13H2. The minimum atomic E-state index is 0.435. The van der Waals surface area contributed by atoms with Gasteiger partial charge in [-0.3, -0.25) is 0 Å². The van der Waals surface area contributed by atoms with E-state index >= 15 is 0 Å². The van der Waals surface area contributed by atoms with Gasteiger partial charge in [-0.25, -0.2) is 0 Å². The van der Waals surface area contributed by atoms with Gasteiger partial charge in [0, 0.05) is 19.2 Å². The van der Waals surface area contributed by atoms with Crippen LogP contribution >= 0.6 is 0 Å². The van der Waals surface area contributed by atoms with E-state index in [1.165, 1.54) is 32.1 Å². The molecule has 0 aromatic rings. The van der Waals surface area contributed by atoms with E-state index in [-0.39, 0.29) is 0 Å². The smallest absolute Gasteiger partial charge is 0.0699 e. The summed E-state index contributed by atoms with van der Waals surface area (Å²) in [5, 5.41) is 3.46. The molecule has 2 fully saturated rings. The van der Waals surface area contributed by atoms with Gasteiger partial charge in [0.25, 0.3) is 0 Å². The molecule has 0 aromatic carbocycles. The Morgan fingerprint density at radius 3 is 2.80 bits per heavy atom. The third-order valence-electron chi connectivity index (χ3n) is 3.53. The molecule has 2 rings (SSSR count). The molecule has 3 heteroatoms. The minimum Gasteiger partial charge on any atom is -0.377 e. The minimum absolute atomic E-state index is 0.435. The van der Waals surface area contributed by atoms with Crippen LogP contribution in [0.1, 0.15) is 38.5 Å². The molecule has 1 aliphatic carbocycles. The van der Waals surface area contributed by atoms with Crippen molar-refractivity contribution in [2.24, 2.45) is 11.7 Å². The Morgan fingerprint density at radius 1 is 1.27 bits per heavy atom. The van der Waals surface area contributed by atoms with Gasteiger partial charge in [0.2, 0.25) is 0 Å². The number of hydrogen-bond donors (Lipinski definition) is 2. The second kappa shape index (κ2) is 5.83. The zero-order valence-corrected chi connectivity index (χ0v) is 9.58. The first-order chi connectivity index (χ1) is 7.36. The van der Waals surface area contributed by atoms with Crippen molar-refractivity contribution in [2.45, 2.75) is 50.7 Å². The summed E-state index contributed by atoms with van der Waals surface area (Å²) in [5.74, 6) is 0.831. The molecule has 15 heavy (non-hydrogen) atoms. The molecule has 0 bridgehead atoms. The molecule has 0 amide bonds. The molecule has 88 valence electrons. The highest BCUT2D eigenvalue weighted by atomic mass is 16.5. The molecular weight excluding hydrogens is 188 g/mol. The molecule has 0 radical (unpaired) electrons. The summed E-state index contributed by atoms with van der Waals surface area (Å²) in [6, 6.07) is 0.435. The Hall–Kier alpha value is -0.120. The topological polar surface area (TPSA) is 47.3 Å². The largest absolute Gasteiger partial charge is 0.377 e. The lowest BCUT2D eigenvalue weighted by molar-refractivity contribution is 0.0170. The Bertz CT molecular complexity index is 176. The van der Waals surface area contributed by atoms with Gasteiger partial charge in [0.05, 0.1) is 6.10 Å². The zero-order valence-electron chi connectivity index (χ0n) is 9.58. The lowest BCUT2D eigenvalue weighted by Crippen LogP contribution is -2.35. The van der Waals surface area contributed by atoms with Gasteiger partial charge in [-0.1, -0.05) is 0 Å². The predicted octanol–water partition coefficient (Wildman–Crippen LogP) is 1.27. The van der Waals surface area contributed by atoms with Gasteiger partial charge in [-0.2, -0.15) is 0 Å². The normalized spacial score (nSPS) is 29.0. The molecule has 2 unspecified atom stereocenters. The molecule has 1 saturated heterocycles. The first-order valence-electron chi connectivity index (χ1n) is 6.44. The van der Waals surface area contributed by atoms with Crippen LogP contribution in [0, 0.1) is 5.92 Å². The Labute approximate surface area is 92.7 Å². The van der Waals surface area contributed by atoms with Crippen LogP contribution in [0.4, 0.5) is 0 Å². The van der Waals surface area contributed by atoms with Gasteiger partial charge in [-0.15, -0.1) is 0 Å². The summed E-state index contributed by atoms with van der Waals surface area (Å²) in [7, 11) is 0. The van der Waals surface area contributed by atoms with Crippen LogP contribution in [-0.4, -0.2) is 31.8 Å². The van der Waals surface area contributed by atoms with Crippen molar-refractivity contribution in [2.75, 3.05) is 19.7 Å². The third kappa shape index (κ3) is 4.09. The number of hydrogen-bond acceptors (Lipinski definition) is 3. The van der Waals surface area contributed by atoms with Crippen molar-refractivity contribution in [3.8, 4) is 0 Å². The highest BCUT2D eigenvalue weighted by Crippen LogP contribution is 2.32. The van der Waals surface area contributed by atoms with Gasteiger partial charge < -0.3 is 15.8 Å². The fourth-order valence-electron chi connectivity index (χ4n) is 2.26. The van der Waals surface area contributed by atoms with Crippen LogP contribution < -0.4 is 11.1 Å². The monoisotopic (exact) mass is 212 g/mol. The Balaban J connectivity index is 1.46. The first kappa shape index (κ1) is 11.4. The summed E-state index contributed by atoms with van der Waals surface area (Å²) < 4.78 is 5.65. The van der Waals surface area contributed by atoms with Gasteiger partial charge >= 0.3 is 0 Å². The van der Waals surface area contributed by atoms with E-state index in [2.05, 4.69) is 5.32 Å². The summed E-state index contributed by atoms with van der Waals surface area (Å²) in [4.78, 5) is 0. The highest BCUT2D eigenvalue weighted by molar-refractivity contribution is 4.84. The Kier molecular flexibility index (Phi) is 4.42. The van der Waals surface area contributed by atoms with Crippen molar-refractivity contribution in [1.29, 1.82) is 0 Å². The van der Waals surface area contributed by atoms with E-state index in [0.29, 0.717) is 12.1 Å². The molecule has 1 saturated carbocycles. The maximum absolute atomic E-state index is 6.03. The molecular formula is C12H24N2O. The molecule has 2 aliphatic rings. The second-order valence-corrected chi connectivity index (χ2v) is 4.98. The summed E-state index contributed by atoms with van der Waals surface area (Å²) in [6.45, 7) is 3.02. The average molecular weight is 212 g/mol. The number of rotatable bonds is 6. The summed E-state index contributed by atoms with van der Waals surface area (Å²) in [6.07, 6.45) is 8.08. The molecule has 0 spiro atoms. The fraction of sp³-hybridized carbons (Fsp3) is 1.00. The van der Waals surface area contributed by atoms with Crippen molar-refractivity contribution in [3.05, 3.63) is 0 Å². The van der Waals surface area contributed by atoms with E-state index in [0.717, 1.165) is 32.0 Å². The van der Waals surface area contributed by atoms with Crippen LogP contribution in [0.25, 0.3) is 0 Å². The van der Waals surface area contributed by atoms with Crippen molar-refractivity contribution >= 4 is 0 Å². The van der Waals surface area contributed by atoms with Crippen LogP contribution in [0.2, 0.25) is 0 Å². The predicted molar refractivity (Wildman–Crippen MR) is 61.8 cm³/mol. The number of nitrogens with one attached hydrogen (secondary N) is 1. The number of nitrogens with two attached hydrogens (primary N) is 1. The SMILES string of the molecule is NC(CCNCC1CCCCO1)C1CC1. The molecule has 0 aromatic heterocycles. The van der Waals surface area contributed by atoms with E-state index in [1.807, 2.05) is 0 Å². The van der Waals surface area contributed by atoms with E-state index < -0.39 is 0 Å². The molecule has 2 atom stereocenters. The summed E-state index contributed by atoms with van der Waals surface area (Å²) in [5.41, 5.74) is 6.03. The molecule has 3 nitrogen and oxygen atoms in total. The summed E-state index contributed by atoms with van der Waals surface area (Å²) >= 11 is 0. The van der Waals surface area contributed by atoms with Gasteiger partial charge in [0.1, 0.15) is 0 Å². The van der Waals surface area contributed by atoms with Crippen LogP contribution in [0.3, 0.4) is 0 Å². The quantitative estimate of drug-likeness (QED) is 0.652. The molecule has 1 aliphatic heterocycles. The first-order valence-corrected chi connectivity index (χ1v) is 6.44. The van der Waals surface area contributed by atoms with Crippen molar-refractivity contribution in [3.63, 3.8) is 0 Å². The third-order valence-corrected chi connectivity index (χ3v) is 3.53. The Morgan fingerprint density at radius 2 is 2.13 bits per heavy atom. The van der Waals surface area contributed by atoms with Crippen molar-refractivity contribution < 1.29 is 4.74 Å². The second-order valence-electron chi connectivity index (χ2n) is 4.98. The van der Waals surface area contributed by atoms with Crippen LogP contribution in [0.15, 0.2) is 0 Å². The lowest BCUT2D eigenvalue weighted by Gasteiger charge is -2.23. The lowest BCUT2D eigenvalue weighted by atomic mass is 10.1.